The molecule has 0 unspecified atom stereocenters. The maximum Gasteiger partial charge on any atom is 0.129 e. The first-order valence-electron chi connectivity index (χ1n) is 6.29. The second kappa shape index (κ2) is 5.59. The molecular formula is C13H20N4S. The molecular weight excluding hydrogens is 244 g/mol. The first-order chi connectivity index (χ1) is 8.60. The molecule has 0 saturated carbocycles. The van der Waals surface area contributed by atoms with Gasteiger partial charge in [-0.25, -0.2) is 0 Å². The third kappa shape index (κ3) is 2.95. The Morgan fingerprint density at radius 1 is 1.50 bits per heavy atom. The summed E-state index contributed by atoms with van der Waals surface area (Å²) in [6.07, 6.45) is 2.44. The van der Waals surface area contributed by atoms with E-state index in [2.05, 4.69) is 30.0 Å². The highest BCUT2D eigenvalue weighted by Gasteiger charge is 2.21. The van der Waals surface area contributed by atoms with Crippen LogP contribution in [0, 0.1) is 17.2 Å². The highest BCUT2D eigenvalue weighted by molar-refractivity contribution is 7.17. The summed E-state index contributed by atoms with van der Waals surface area (Å²) in [4.78, 5) is 5.26. The van der Waals surface area contributed by atoms with Crippen LogP contribution in [0.3, 0.4) is 0 Å². The normalized spacial score (nSPS) is 17.1. The van der Waals surface area contributed by atoms with Gasteiger partial charge in [-0.1, -0.05) is 0 Å². The highest BCUT2D eigenvalue weighted by Crippen LogP contribution is 2.33. The zero-order valence-corrected chi connectivity index (χ0v) is 11.8. The van der Waals surface area contributed by atoms with Crippen molar-refractivity contribution in [2.45, 2.75) is 12.8 Å². The zero-order chi connectivity index (χ0) is 13.1. The maximum absolute atomic E-state index is 8.93. The van der Waals surface area contributed by atoms with Crippen LogP contribution in [0.1, 0.15) is 17.7 Å². The fourth-order valence-corrected chi connectivity index (χ4v) is 3.42. The summed E-state index contributed by atoms with van der Waals surface area (Å²) in [5.74, 6) is 0.795. The fourth-order valence-electron chi connectivity index (χ4n) is 2.49. The monoisotopic (exact) mass is 264 g/mol. The van der Waals surface area contributed by atoms with Crippen molar-refractivity contribution in [3.05, 3.63) is 10.9 Å². The van der Waals surface area contributed by atoms with E-state index in [4.69, 9.17) is 11.0 Å². The molecule has 98 valence electrons. The van der Waals surface area contributed by atoms with E-state index in [0.717, 1.165) is 24.0 Å². The van der Waals surface area contributed by atoms with Gasteiger partial charge in [0.2, 0.25) is 0 Å². The molecule has 2 rings (SSSR count). The number of nitrogen functional groups attached to an aromatic ring is 1. The van der Waals surface area contributed by atoms with Crippen molar-refractivity contribution in [1.82, 2.24) is 4.90 Å². The first-order valence-corrected chi connectivity index (χ1v) is 7.11. The van der Waals surface area contributed by atoms with Crippen LogP contribution in [0.4, 0.5) is 10.7 Å². The molecule has 0 spiro atoms. The molecule has 1 fully saturated rings. The number of nitrogens with zero attached hydrogens (tertiary/aromatic N) is 3. The number of piperidine rings is 1. The summed E-state index contributed by atoms with van der Waals surface area (Å²) < 4.78 is 0. The van der Waals surface area contributed by atoms with Gasteiger partial charge in [-0.2, -0.15) is 5.26 Å². The Hall–Kier alpha value is -1.25. The summed E-state index contributed by atoms with van der Waals surface area (Å²) in [6.45, 7) is 3.32. The van der Waals surface area contributed by atoms with Crippen molar-refractivity contribution >= 4 is 22.0 Å². The Bertz CT molecular complexity index is 438. The number of hydrogen-bond acceptors (Lipinski definition) is 5. The van der Waals surface area contributed by atoms with Gasteiger partial charge >= 0.3 is 0 Å². The van der Waals surface area contributed by atoms with Gasteiger partial charge in [0.05, 0.1) is 10.7 Å². The van der Waals surface area contributed by atoms with Crippen molar-refractivity contribution in [1.29, 1.82) is 5.26 Å². The largest absolute Gasteiger partial charge is 0.397 e. The van der Waals surface area contributed by atoms with Crippen molar-refractivity contribution in [2.75, 3.05) is 44.4 Å². The molecule has 18 heavy (non-hydrogen) atoms. The van der Waals surface area contributed by atoms with Crippen molar-refractivity contribution in [3.63, 3.8) is 0 Å². The Kier molecular flexibility index (Phi) is 4.10. The van der Waals surface area contributed by atoms with Crippen molar-refractivity contribution in [3.8, 4) is 6.07 Å². The zero-order valence-electron chi connectivity index (χ0n) is 11.0. The number of thiophene rings is 1. The Balaban J connectivity index is 1.95. The predicted molar refractivity (Wildman–Crippen MR) is 76.9 cm³/mol. The molecule has 0 atom stereocenters. The maximum atomic E-state index is 8.93. The molecule has 0 bridgehead atoms. The SMILES string of the molecule is CN(C)CC1CCN(c2cc(N)c(C#N)s2)CC1. The van der Waals surface area contributed by atoms with E-state index >= 15 is 0 Å². The summed E-state index contributed by atoms with van der Waals surface area (Å²) >= 11 is 1.51. The minimum Gasteiger partial charge on any atom is -0.397 e. The van der Waals surface area contributed by atoms with E-state index in [0.29, 0.717) is 10.6 Å². The minimum atomic E-state index is 0.618. The van der Waals surface area contributed by atoms with Crippen LogP contribution < -0.4 is 10.6 Å². The number of nitriles is 1. The van der Waals surface area contributed by atoms with Gasteiger partial charge in [0, 0.05) is 19.6 Å². The molecule has 1 saturated heterocycles. The van der Waals surface area contributed by atoms with Crippen LogP contribution in [0.15, 0.2) is 6.07 Å². The summed E-state index contributed by atoms with van der Waals surface area (Å²) in [6, 6.07) is 4.09. The van der Waals surface area contributed by atoms with Crippen LogP contribution in [0.2, 0.25) is 0 Å². The summed E-state index contributed by atoms with van der Waals surface area (Å²) in [5.41, 5.74) is 6.42. The number of nitrogens with two attached hydrogens (primary N) is 1. The summed E-state index contributed by atoms with van der Waals surface area (Å²) in [7, 11) is 4.26. The molecule has 1 aliphatic rings. The Morgan fingerprint density at radius 2 is 2.17 bits per heavy atom. The van der Waals surface area contributed by atoms with Crippen molar-refractivity contribution < 1.29 is 0 Å². The van der Waals surface area contributed by atoms with E-state index in [1.54, 1.807) is 0 Å². The average molecular weight is 264 g/mol. The molecule has 0 amide bonds. The van der Waals surface area contributed by atoms with Gasteiger partial charge in [0.15, 0.2) is 0 Å². The van der Waals surface area contributed by atoms with E-state index in [1.807, 2.05) is 6.07 Å². The van der Waals surface area contributed by atoms with Gasteiger partial charge in [0.1, 0.15) is 10.9 Å². The second-order valence-corrected chi connectivity index (χ2v) is 6.20. The average Bonchev–Trinajstić information content (AvgIpc) is 2.71. The lowest BCUT2D eigenvalue weighted by molar-refractivity contribution is 0.285. The predicted octanol–water partition coefficient (Wildman–Crippen LogP) is 1.98. The Labute approximate surface area is 113 Å². The minimum absolute atomic E-state index is 0.618. The Morgan fingerprint density at radius 3 is 2.67 bits per heavy atom. The van der Waals surface area contributed by atoms with Crippen LogP contribution in [-0.2, 0) is 0 Å². The number of rotatable bonds is 3. The molecule has 2 heterocycles. The van der Waals surface area contributed by atoms with E-state index in [1.165, 1.54) is 30.7 Å². The molecule has 2 N–H and O–H groups in total. The lowest BCUT2D eigenvalue weighted by Crippen LogP contribution is -2.36. The molecule has 1 aliphatic heterocycles. The molecule has 0 radical (unpaired) electrons. The molecule has 1 aromatic rings. The molecule has 4 nitrogen and oxygen atoms in total. The van der Waals surface area contributed by atoms with Gasteiger partial charge in [-0.3, -0.25) is 0 Å². The summed E-state index contributed by atoms with van der Waals surface area (Å²) in [5, 5.41) is 10.1. The van der Waals surface area contributed by atoms with Crippen molar-refractivity contribution in [2.24, 2.45) is 5.92 Å². The third-order valence-corrected chi connectivity index (χ3v) is 4.52. The van der Waals surface area contributed by atoms with E-state index in [9.17, 15) is 0 Å². The topological polar surface area (TPSA) is 56.3 Å². The van der Waals surface area contributed by atoms with E-state index in [-0.39, 0.29) is 0 Å². The standard InChI is InChI=1S/C13H20N4S/c1-16(2)9-10-3-5-17(6-4-10)13-7-11(15)12(8-14)18-13/h7,10H,3-6,9,15H2,1-2H3. The molecule has 0 aliphatic carbocycles. The van der Waals surface area contributed by atoms with Crippen LogP contribution >= 0.6 is 11.3 Å². The van der Waals surface area contributed by atoms with Gasteiger partial charge < -0.3 is 15.5 Å². The van der Waals surface area contributed by atoms with Crippen LogP contribution in [0.25, 0.3) is 0 Å². The second-order valence-electron chi connectivity index (χ2n) is 5.17. The quantitative estimate of drug-likeness (QED) is 0.907. The first kappa shape index (κ1) is 13.2. The van der Waals surface area contributed by atoms with Crippen LogP contribution in [-0.4, -0.2) is 38.6 Å². The van der Waals surface area contributed by atoms with Gasteiger partial charge in [0.25, 0.3) is 0 Å². The highest BCUT2D eigenvalue weighted by atomic mass is 32.1. The number of anilines is 2. The van der Waals surface area contributed by atoms with Gasteiger partial charge in [-0.05, 0) is 38.9 Å². The lowest BCUT2D eigenvalue weighted by atomic mass is 9.96. The van der Waals surface area contributed by atoms with Gasteiger partial charge in [-0.15, -0.1) is 11.3 Å². The fraction of sp³-hybridized carbons (Fsp3) is 0.615. The van der Waals surface area contributed by atoms with E-state index < -0.39 is 0 Å². The number of hydrogen-bond donors (Lipinski definition) is 1. The molecule has 0 aromatic carbocycles. The lowest BCUT2D eigenvalue weighted by Gasteiger charge is -2.33. The third-order valence-electron chi connectivity index (χ3n) is 3.40. The smallest absolute Gasteiger partial charge is 0.129 e. The molecule has 5 heteroatoms. The molecule has 1 aromatic heterocycles. The van der Waals surface area contributed by atoms with Crippen LogP contribution in [0.5, 0.6) is 0 Å².